The van der Waals surface area contributed by atoms with Gasteiger partial charge in [-0.1, -0.05) is 11.6 Å². The van der Waals surface area contributed by atoms with E-state index in [-0.39, 0.29) is 18.3 Å². The Labute approximate surface area is 131 Å². The Morgan fingerprint density at radius 1 is 0.905 bits per heavy atom. The van der Waals surface area contributed by atoms with Crippen molar-refractivity contribution in [3.63, 3.8) is 0 Å². The van der Waals surface area contributed by atoms with Crippen molar-refractivity contribution in [1.82, 2.24) is 0 Å². The molecule has 0 heterocycles. The third kappa shape index (κ3) is 5.46. The number of benzene rings is 1. The molecule has 0 aliphatic carbocycles. The van der Waals surface area contributed by atoms with Gasteiger partial charge in [0.2, 0.25) is 0 Å². The van der Waals surface area contributed by atoms with Crippen LogP contribution in [-0.4, -0.2) is 24.3 Å². The Kier molecular flexibility index (Phi) is 6.34. The molecule has 5 heteroatoms. The first-order chi connectivity index (χ1) is 9.70. The van der Waals surface area contributed by atoms with Crippen LogP contribution < -0.4 is 9.47 Å². The lowest BCUT2D eigenvalue weighted by Crippen LogP contribution is -2.16. The highest BCUT2D eigenvalue weighted by atomic mass is 35.5. The summed E-state index contributed by atoms with van der Waals surface area (Å²) in [5.74, 6) is 0.442. The second kappa shape index (κ2) is 7.55. The fourth-order valence-electron chi connectivity index (χ4n) is 1.67. The monoisotopic (exact) mass is 314 g/mol. The predicted octanol–water partition coefficient (Wildman–Crippen LogP) is 4.48. The van der Waals surface area contributed by atoms with Gasteiger partial charge >= 0.3 is 5.97 Å². The summed E-state index contributed by atoms with van der Waals surface area (Å²) in [5, 5.41) is 0.357. The molecule has 0 unspecified atom stereocenters. The number of hydrogen-bond acceptors (Lipinski definition) is 4. The molecule has 0 radical (unpaired) electrons. The Morgan fingerprint density at radius 2 is 1.43 bits per heavy atom. The van der Waals surface area contributed by atoms with E-state index in [1.807, 2.05) is 27.7 Å². The molecule has 21 heavy (non-hydrogen) atoms. The molecule has 0 fully saturated rings. The van der Waals surface area contributed by atoms with E-state index in [0.29, 0.717) is 22.1 Å². The van der Waals surface area contributed by atoms with Crippen molar-refractivity contribution in [3.8, 4) is 11.5 Å². The van der Waals surface area contributed by atoms with E-state index in [1.54, 1.807) is 19.9 Å². The third-order valence-electron chi connectivity index (χ3n) is 2.32. The van der Waals surface area contributed by atoms with Crippen LogP contribution in [0, 0.1) is 0 Å². The summed E-state index contributed by atoms with van der Waals surface area (Å²) in [6.45, 7) is 11.2. The Bertz CT molecular complexity index is 495. The predicted molar refractivity (Wildman–Crippen MR) is 83.5 cm³/mol. The first-order valence-electron chi connectivity index (χ1n) is 7.08. The number of carbonyl (C=O) groups is 1. The van der Waals surface area contributed by atoms with Gasteiger partial charge in [-0.3, -0.25) is 0 Å². The fourth-order valence-corrected chi connectivity index (χ4v) is 1.88. The molecule has 0 saturated heterocycles. The highest BCUT2D eigenvalue weighted by Gasteiger charge is 2.20. The molecule has 118 valence electrons. The molecule has 0 aliphatic rings. The van der Waals surface area contributed by atoms with Crippen LogP contribution in [0.1, 0.15) is 51.9 Å². The van der Waals surface area contributed by atoms with Gasteiger partial charge in [-0.05, 0) is 47.6 Å². The summed E-state index contributed by atoms with van der Waals surface area (Å²) in [6.07, 6.45) is -0.318. The van der Waals surface area contributed by atoms with Gasteiger partial charge < -0.3 is 14.2 Å². The van der Waals surface area contributed by atoms with Crippen LogP contribution in [0.15, 0.2) is 12.1 Å². The smallest absolute Gasteiger partial charge is 0.342 e. The number of halogens is 1. The first kappa shape index (κ1) is 17.6. The van der Waals surface area contributed by atoms with E-state index in [9.17, 15) is 4.79 Å². The molecule has 0 saturated carbocycles. The molecule has 0 atom stereocenters. The zero-order valence-corrected chi connectivity index (χ0v) is 14.2. The highest BCUT2D eigenvalue weighted by Crippen LogP contribution is 2.34. The number of hydrogen-bond donors (Lipinski definition) is 0. The van der Waals surface area contributed by atoms with Crippen LogP contribution in [-0.2, 0) is 4.74 Å². The lowest BCUT2D eigenvalue weighted by molar-refractivity contribution is 0.0372. The van der Waals surface area contributed by atoms with Crippen LogP contribution in [0.25, 0.3) is 0 Å². The molecule has 1 rings (SSSR count). The molecule has 4 nitrogen and oxygen atoms in total. The number of esters is 1. The van der Waals surface area contributed by atoms with E-state index < -0.39 is 5.97 Å². The van der Waals surface area contributed by atoms with Crippen molar-refractivity contribution in [3.05, 3.63) is 22.7 Å². The van der Waals surface area contributed by atoms with Gasteiger partial charge in [0.15, 0.2) is 0 Å². The summed E-state index contributed by atoms with van der Waals surface area (Å²) >= 11 is 6.17. The van der Waals surface area contributed by atoms with Gasteiger partial charge in [-0.25, -0.2) is 4.79 Å². The minimum Gasteiger partial charge on any atom is -0.490 e. The molecular weight excluding hydrogens is 292 g/mol. The van der Waals surface area contributed by atoms with Gasteiger partial charge in [0.25, 0.3) is 0 Å². The number of rotatable bonds is 6. The van der Waals surface area contributed by atoms with Crippen molar-refractivity contribution < 1.29 is 19.0 Å². The molecular formula is C16H23ClO4. The lowest BCUT2D eigenvalue weighted by Gasteiger charge is -2.18. The van der Waals surface area contributed by atoms with Crippen molar-refractivity contribution in [2.45, 2.75) is 59.9 Å². The van der Waals surface area contributed by atoms with Crippen molar-refractivity contribution >= 4 is 17.6 Å². The molecule has 1 aromatic rings. The molecule has 0 N–H and O–H groups in total. The minimum absolute atomic E-state index is 0.0251. The van der Waals surface area contributed by atoms with Crippen LogP contribution >= 0.6 is 11.6 Å². The summed E-state index contributed by atoms with van der Waals surface area (Å²) in [7, 11) is 0. The van der Waals surface area contributed by atoms with Crippen molar-refractivity contribution in [2.75, 3.05) is 0 Å². The Hall–Kier alpha value is -1.42. The maximum Gasteiger partial charge on any atom is 0.342 e. The van der Waals surface area contributed by atoms with Gasteiger partial charge in [0, 0.05) is 6.07 Å². The molecule has 0 spiro atoms. The van der Waals surface area contributed by atoms with Crippen molar-refractivity contribution in [1.29, 1.82) is 0 Å². The fraction of sp³-hybridized carbons (Fsp3) is 0.562. The molecule has 0 amide bonds. The number of ether oxygens (including phenoxy) is 3. The van der Waals surface area contributed by atoms with Crippen LogP contribution in [0.3, 0.4) is 0 Å². The van der Waals surface area contributed by atoms with E-state index in [0.717, 1.165) is 0 Å². The van der Waals surface area contributed by atoms with Gasteiger partial charge in [-0.2, -0.15) is 0 Å². The van der Waals surface area contributed by atoms with Crippen LogP contribution in [0.2, 0.25) is 5.02 Å². The summed E-state index contributed by atoms with van der Waals surface area (Å²) in [6, 6.07) is 3.17. The third-order valence-corrected chi connectivity index (χ3v) is 2.62. The summed E-state index contributed by atoms with van der Waals surface area (Å²) < 4.78 is 16.5. The average molecular weight is 315 g/mol. The topological polar surface area (TPSA) is 44.8 Å². The van der Waals surface area contributed by atoms with E-state index in [4.69, 9.17) is 25.8 Å². The quantitative estimate of drug-likeness (QED) is 0.726. The van der Waals surface area contributed by atoms with E-state index >= 15 is 0 Å². The van der Waals surface area contributed by atoms with Crippen LogP contribution in [0.5, 0.6) is 11.5 Å². The highest BCUT2D eigenvalue weighted by molar-refractivity contribution is 6.32. The van der Waals surface area contributed by atoms with E-state index in [1.165, 1.54) is 6.07 Å². The SMILES string of the molecule is CC(C)OC(=O)c1cc(Cl)c(OC(C)C)cc1OC(C)C. The standard InChI is InChI=1S/C16H23ClO4/c1-9(2)19-14-8-15(20-10(3)4)13(17)7-12(14)16(18)21-11(5)6/h7-11H,1-6H3. The average Bonchev–Trinajstić information content (AvgIpc) is 2.30. The molecule has 1 aromatic carbocycles. The normalized spacial score (nSPS) is 11.1. The zero-order valence-electron chi connectivity index (χ0n) is 13.4. The van der Waals surface area contributed by atoms with Crippen LogP contribution in [0.4, 0.5) is 0 Å². The second-order valence-corrected chi connectivity index (χ2v) is 5.97. The maximum atomic E-state index is 12.1. The van der Waals surface area contributed by atoms with Gasteiger partial charge in [0.1, 0.15) is 17.1 Å². The first-order valence-corrected chi connectivity index (χ1v) is 7.46. The van der Waals surface area contributed by atoms with Gasteiger partial charge in [-0.15, -0.1) is 0 Å². The second-order valence-electron chi connectivity index (χ2n) is 5.57. The molecule has 0 aromatic heterocycles. The van der Waals surface area contributed by atoms with Crippen molar-refractivity contribution in [2.24, 2.45) is 0 Å². The minimum atomic E-state index is -0.460. The summed E-state index contributed by atoms with van der Waals surface area (Å²) in [5.41, 5.74) is 0.304. The zero-order chi connectivity index (χ0) is 16.2. The summed E-state index contributed by atoms with van der Waals surface area (Å²) in [4.78, 5) is 12.1. The van der Waals surface area contributed by atoms with E-state index in [2.05, 4.69) is 0 Å². The maximum absolute atomic E-state index is 12.1. The molecule has 0 bridgehead atoms. The Morgan fingerprint density at radius 3 is 1.90 bits per heavy atom. The Balaban J connectivity index is 3.21. The van der Waals surface area contributed by atoms with Gasteiger partial charge in [0.05, 0.1) is 23.3 Å². The molecule has 0 aliphatic heterocycles. The lowest BCUT2D eigenvalue weighted by atomic mass is 10.2. The number of carbonyl (C=O) groups excluding carboxylic acids is 1. The largest absolute Gasteiger partial charge is 0.490 e.